The van der Waals surface area contributed by atoms with Crippen LogP contribution in [0.4, 0.5) is 0 Å². The van der Waals surface area contributed by atoms with Crippen LogP contribution in [-0.2, 0) is 26.5 Å². The van der Waals surface area contributed by atoms with Gasteiger partial charge in [0.2, 0.25) is 0 Å². The smallest absolute Gasteiger partial charge is 0.418 e. The van der Waals surface area contributed by atoms with Crippen LogP contribution in [0, 0.1) is 0 Å². The zero-order chi connectivity index (χ0) is 15.0. The lowest BCUT2D eigenvalue weighted by Gasteiger charge is -2.48. The van der Waals surface area contributed by atoms with Gasteiger partial charge in [0.05, 0.1) is 12.1 Å². The van der Waals surface area contributed by atoms with Crippen molar-refractivity contribution < 1.29 is 24.5 Å². The normalized spacial score (nSPS) is 30.9. The maximum absolute atomic E-state index is 11.6. The van der Waals surface area contributed by atoms with Crippen LogP contribution >= 0.6 is 0 Å². The number of aliphatic carboxylic acids is 1. The molecule has 1 aliphatic carbocycles. The quantitative estimate of drug-likeness (QED) is 0.516. The summed E-state index contributed by atoms with van der Waals surface area (Å²) in [5, 5.41) is 22.2. The number of benzene rings is 1. The van der Waals surface area contributed by atoms with Crippen LogP contribution in [0.15, 0.2) is 24.3 Å². The van der Waals surface area contributed by atoms with E-state index in [4.69, 9.17) is 9.84 Å². The number of aliphatic hydroxyl groups is 1. The van der Waals surface area contributed by atoms with Crippen molar-refractivity contribution in [1.82, 2.24) is 5.32 Å². The molecule has 6 heteroatoms. The summed E-state index contributed by atoms with van der Waals surface area (Å²) in [6, 6.07) is 7.29. The molecule has 0 radical (unpaired) electrons. The standard InChI is InChI=1S/C15H17NO5/c17-10-5-6-12-15(7-10,21-14(20)13(18)19)11-4-2-1-3-9(11)8-16-12/h1-4,10,12,16-17H,5-8H2,(H,18,19). The lowest BCUT2D eigenvalue weighted by molar-refractivity contribution is -0.186. The first-order valence-corrected chi connectivity index (χ1v) is 6.99. The minimum absolute atomic E-state index is 0.181. The van der Waals surface area contributed by atoms with Crippen molar-refractivity contribution in [1.29, 1.82) is 0 Å². The van der Waals surface area contributed by atoms with Gasteiger partial charge in [-0.25, -0.2) is 9.59 Å². The summed E-state index contributed by atoms with van der Waals surface area (Å²) in [7, 11) is 0. The summed E-state index contributed by atoms with van der Waals surface area (Å²) in [4.78, 5) is 22.5. The van der Waals surface area contributed by atoms with E-state index in [-0.39, 0.29) is 12.5 Å². The molecule has 0 spiro atoms. The van der Waals surface area contributed by atoms with Gasteiger partial charge in [-0.2, -0.15) is 0 Å². The van der Waals surface area contributed by atoms with E-state index in [1.807, 2.05) is 24.3 Å². The highest BCUT2D eigenvalue weighted by Gasteiger charge is 2.51. The zero-order valence-corrected chi connectivity index (χ0v) is 11.4. The van der Waals surface area contributed by atoms with Gasteiger partial charge in [-0.3, -0.25) is 0 Å². The molecule has 3 atom stereocenters. The van der Waals surface area contributed by atoms with Gasteiger partial charge in [-0.1, -0.05) is 24.3 Å². The molecule has 0 amide bonds. The largest absolute Gasteiger partial charge is 0.473 e. The molecular formula is C15H17NO5. The second-order valence-electron chi connectivity index (χ2n) is 5.61. The Morgan fingerprint density at radius 1 is 1.29 bits per heavy atom. The van der Waals surface area contributed by atoms with Crippen molar-refractivity contribution in [3.63, 3.8) is 0 Å². The van der Waals surface area contributed by atoms with Crippen molar-refractivity contribution in [3.05, 3.63) is 35.4 Å². The number of hydrogen-bond acceptors (Lipinski definition) is 5. The van der Waals surface area contributed by atoms with Crippen molar-refractivity contribution in [2.24, 2.45) is 0 Å². The highest BCUT2D eigenvalue weighted by atomic mass is 16.6. The summed E-state index contributed by atoms with van der Waals surface area (Å²) in [5.74, 6) is -2.90. The van der Waals surface area contributed by atoms with E-state index in [1.165, 1.54) is 0 Å². The second kappa shape index (κ2) is 5.13. The number of carboxylic acids is 1. The molecule has 1 saturated carbocycles. The molecule has 1 heterocycles. The number of fused-ring (bicyclic) bond motifs is 3. The van der Waals surface area contributed by atoms with Crippen LogP contribution < -0.4 is 5.32 Å². The molecule has 0 aromatic heterocycles. The molecule has 112 valence electrons. The van der Waals surface area contributed by atoms with Crippen LogP contribution in [0.5, 0.6) is 0 Å². The molecule has 3 rings (SSSR count). The van der Waals surface area contributed by atoms with Gasteiger partial charge in [-0.15, -0.1) is 0 Å². The maximum atomic E-state index is 11.6. The summed E-state index contributed by atoms with van der Waals surface area (Å²) < 4.78 is 5.38. The lowest BCUT2D eigenvalue weighted by Crippen LogP contribution is -2.59. The van der Waals surface area contributed by atoms with Gasteiger partial charge in [0.25, 0.3) is 0 Å². The van der Waals surface area contributed by atoms with E-state index in [0.717, 1.165) is 11.1 Å². The first-order valence-electron chi connectivity index (χ1n) is 6.99. The second-order valence-corrected chi connectivity index (χ2v) is 5.61. The first-order chi connectivity index (χ1) is 10.0. The van der Waals surface area contributed by atoms with Crippen molar-refractivity contribution in [2.45, 2.75) is 43.6 Å². The highest BCUT2D eigenvalue weighted by molar-refractivity contribution is 6.28. The minimum Gasteiger partial charge on any atom is -0.473 e. The maximum Gasteiger partial charge on any atom is 0.418 e. The van der Waals surface area contributed by atoms with Gasteiger partial charge in [0.15, 0.2) is 5.60 Å². The van der Waals surface area contributed by atoms with Crippen LogP contribution in [0.25, 0.3) is 0 Å². The van der Waals surface area contributed by atoms with Crippen LogP contribution in [0.2, 0.25) is 0 Å². The Labute approximate surface area is 121 Å². The van der Waals surface area contributed by atoms with Gasteiger partial charge < -0.3 is 20.3 Å². The van der Waals surface area contributed by atoms with Crippen molar-refractivity contribution >= 4 is 11.9 Å². The summed E-state index contributed by atoms with van der Waals surface area (Å²) >= 11 is 0. The van der Waals surface area contributed by atoms with Gasteiger partial charge >= 0.3 is 11.9 Å². The SMILES string of the molecule is O=C(O)C(=O)OC12CC(O)CCC1NCc1ccccc12. The molecule has 0 saturated heterocycles. The fraction of sp³-hybridized carbons (Fsp3) is 0.467. The monoisotopic (exact) mass is 291 g/mol. The van der Waals surface area contributed by atoms with E-state index in [2.05, 4.69) is 5.32 Å². The Balaban J connectivity index is 2.07. The molecule has 21 heavy (non-hydrogen) atoms. The average Bonchev–Trinajstić information content (AvgIpc) is 2.46. The predicted molar refractivity (Wildman–Crippen MR) is 72.3 cm³/mol. The number of carboxylic acid groups (broad SMARTS) is 1. The molecule has 1 aromatic rings. The fourth-order valence-corrected chi connectivity index (χ4v) is 3.45. The third-order valence-corrected chi connectivity index (χ3v) is 4.35. The first kappa shape index (κ1) is 14.0. The molecule has 0 bridgehead atoms. The van der Waals surface area contributed by atoms with Crippen LogP contribution in [0.3, 0.4) is 0 Å². The number of carbonyl (C=O) groups excluding carboxylic acids is 1. The number of aliphatic hydroxyl groups excluding tert-OH is 1. The lowest BCUT2D eigenvalue weighted by atomic mass is 9.71. The molecule has 3 unspecified atom stereocenters. The Morgan fingerprint density at radius 2 is 2.05 bits per heavy atom. The number of ether oxygens (including phenoxy) is 1. The number of carbonyl (C=O) groups is 2. The fourth-order valence-electron chi connectivity index (χ4n) is 3.45. The van der Waals surface area contributed by atoms with Crippen molar-refractivity contribution in [3.8, 4) is 0 Å². The highest BCUT2D eigenvalue weighted by Crippen LogP contribution is 2.44. The topological polar surface area (TPSA) is 95.9 Å². The Bertz CT molecular complexity index is 587. The Hall–Kier alpha value is -1.92. The van der Waals surface area contributed by atoms with Gasteiger partial charge in [0, 0.05) is 18.5 Å². The van der Waals surface area contributed by atoms with E-state index >= 15 is 0 Å². The number of esters is 1. The third-order valence-electron chi connectivity index (χ3n) is 4.35. The van der Waals surface area contributed by atoms with Gasteiger partial charge in [0.1, 0.15) is 0 Å². The molecular weight excluding hydrogens is 274 g/mol. The average molecular weight is 291 g/mol. The molecule has 1 fully saturated rings. The Kier molecular flexibility index (Phi) is 3.43. The van der Waals surface area contributed by atoms with Gasteiger partial charge in [-0.05, 0) is 18.4 Å². The van der Waals surface area contributed by atoms with E-state index in [1.54, 1.807) is 0 Å². The Morgan fingerprint density at radius 3 is 2.81 bits per heavy atom. The van der Waals surface area contributed by atoms with E-state index in [9.17, 15) is 14.7 Å². The van der Waals surface area contributed by atoms with Crippen LogP contribution in [-0.4, -0.2) is 34.3 Å². The number of hydrogen-bond donors (Lipinski definition) is 3. The van der Waals surface area contributed by atoms with E-state index < -0.39 is 23.6 Å². The molecule has 3 N–H and O–H groups in total. The zero-order valence-electron chi connectivity index (χ0n) is 11.4. The number of rotatable bonds is 1. The molecule has 1 aliphatic heterocycles. The summed E-state index contributed by atoms with van der Waals surface area (Å²) in [6.07, 6.45) is 0.825. The summed E-state index contributed by atoms with van der Waals surface area (Å²) in [5.41, 5.74) is 0.644. The van der Waals surface area contributed by atoms with Crippen LogP contribution in [0.1, 0.15) is 30.4 Å². The van der Waals surface area contributed by atoms with E-state index in [0.29, 0.717) is 19.4 Å². The number of nitrogens with one attached hydrogen (secondary N) is 1. The molecule has 2 aliphatic rings. The summed E-state index contributed by atoms with van der Waals surface area (Å²) in [6.45, 7) is 0.642. The minimum atomic E-state index is -1.62. The van der Waals surface area contributed by atoms with Crippen molar-refractivity contribution in [2.75, 3.05) is 0 Å². The predicted octanol–water partition coefficient (Wildman–Crippen LogP) is 0.526. The third kappa shape index (κ3) is 2.30. The molecule has 1 aromatic carbocycles. The molecule has 6 nitrogen and oxygen atoms in total.